The molecule has 0 radical (unpaired) electrons. The molecule has 0 bridgehead atoms. The summed E-state index contributed by atoms with van der Waals surface area (Å²) in [4.78, 5) is 25.6. The predicted molar refractivity (Wildman–Crippen MR) is 136 cm³/mol. The number of benzene rings is 3. The summed E-state index contributed by atoms with van der Waals surface area (Å²) in [6, 6.07) is 18.1. The number of carbonyl (C=O) groups excluding carboxylic acids is 1. The monoisotopic (exact) mass is 506 g/mol. The van der Waals surface area contributed by atoms with E-state index in [4.69, 9.17) is 4.74 Å². The van der Waals surface area contributed by atoms with Crippen LogP contribution in [0.3, 0.4) is 0 Å². The van der Waals surface area contributed by atoms with Gasteiger partial charge in [0.25, 0.3) is 15.6 Å². The van der Waals surface area contributed by atoms with E-state index in [1.807, 2.05) is 26.8 Å². The van der Waals surface area contributed by atoms with Crippen molar-refractivity contribution in [1.29, 1.82) is 0 Å². The molecular formula is C26H26N4O5S. The molecule has 4 aromatic rings. The highest BCUT2D eigenvalue weighted by Gasteiger charge is 2.24. The maximum Gasteiger partial charge on any atom is 0.342 e. The quantitative estimate of drug-likeness (QED) is 0.392. The van der Waals surface area contributed by atoms with Crippen molar-refractivity contribution in [3.8, 4) is 0 Å². The number of ether oxygens (including phenoxy) is 1. The Kier molecular flexibility index (Phi) is 6.64. The molecule has 0 fully saturated rings. The molecule has 9 nitrogen and oxygen atoms in total. The third kappa shape index (κ3) is 5.13. The van der Waals surface area contributed by atoms with E-state index in [2.05, 4.69) is 15.0 Å². The fraction of sp³-hybridized carbons (Fsp3) is 0.231. The van der Waals surface area contributed by atoms with Gasteiger partial charge in [0, 0.05) is 0 Å². The van der Waals surface area contributed by atoms with Gasteiger partial charge in [0.05, 0.1) is 21.5 Å². The minimum Gasteiger partial charge on any atom is -0.438 e. The highest BCUT2D eigenvalue weighted by atomic mass is 32.2. The van der Waals surface area contributed by atoms with Crippen LogP contribution in [0.2, 0.25) is 0 Å². The topological polar surface area (TPSA) is 120 Å². The van der Waals surface area contributed by atoms with Gasteiger partial charge < -0.3 is 4.74 Å². The van der Waals surface area contributed by atoms with Crippen molar-refractivity contribution in [2.24, 2.45) is 0 Å². The largest absolute Gasteiger partial charge is 0.438 e. The van der Waals surface area contributed by atoms with E-state index in [-0.39, 0.29) is 21.6 Å². The number of aromatic nitrogens is 3. The Balaban J connectivity index is 1.59. The summed E-state index contributed by atoms with van der Waals surface area (Å²) >= 11 is 0. The number of fused-ring (bicyclic) bond motifs is 1. The van der Waals surface area contributed by atoms with Crippen molar-refractivity contribution in [2.45, 2.75) is 44.7 Å². The van der Waals surface area contributed by atoms with Gasteiger partial charge in [-0.25, -0.2) is 13.2 Å². The number of hydrogen-bond acceptors (Lipinski definition) is 7. The second-order valence-electron chi connectivity index (χ2n) is 9.35. The fourth-order valence-corrected chi connectivity index (χ4v) is 4.96. The Morgan fingerprint density at radius 1 is 1.03 bits per heavy atom. The molecule has 3 aromatic carbocycles. The van der Waals surface area contributed by atoms with Crippen LogP contribution in [-0.2, 0) is 26.9 Å². The van der Waals surface area contributed by atoms with Crippen LogP contribution in [0, 0.1) is 6.92 Å². The Morgan fingerprint density at radius 2 is 1.72 bits per heavy atom. The van der Waals surface area contributed by atoms with Crippen LogP contribution in [0.25, 0.3) is 10.9 Å². The lowest BCUT2D eigenvalue weighted by atomic mass is 9.87. The molecule has 1 heterocycles. The Labute approximate surface area is 208 Å². The smallest absolute Gasteiger partial charge is 0.342 e. The lowest BCUT2D eigenvalue weighted by molar-refractivity contribution is 0.0337. The number of para-hydroxylation sites is 1. The SMILES string of the molecule is Cc1ccc(C(C)(C)C)cc1S(=O)(=O)Nc1ccccc1C(=O)OCn1nnc2ccccc2c1=O. The average Bonchev–Trinajstić information content (AvgIpc) is 2.83. The molecule has 36 heavy (non-hydrogen) atoms. The van der Waals surface area contributed by atoms with Crippen LogP contribution < -0.4 is 10.3 Å². The van der Waals surface area contributed by atoms with Crippen molar-refractivity contribution < 1.29 is 17.9 Å². The first kappa shape index (κ1) is 25.1. The van der Waals surface area contributed by atoms with E-state index in [1.54, 1.807) is 55.5 Å². The van der Waals surface area contributed by atoms with Crippen molar-refractivity contribution in [2.75, 3.05) is 4.72 Å². The molecule has 0 saturated heterocycles. The van der Waals surface area contributed by atoms with Crippen LogP contribution in [0.15, 0.2) is 76.4 Å². The van der Waals surface area contributed by atoms with Crippen molar-refractivity contribution in [1.82, 2.24) is 15.0 Å². The molecule has 0 aliphatic heterocycles. The minimum atomic E-state index is -4.02. The number of aryl methyl sites for hydroxylation is 1. The fourth-order valence-electron chi connectivity index (χ4n) is 3.61. The first-order valence-corrected chi connectivity index (χ1v) is 12.7. The number of esters is 1. The summed E-state index contributed by atoms with van der Waals surface area (Å²) in [6.45, 7) is 7.22. The van der Waals surface area contributed by atoms with Gasteiger partial charge in [0.15, 0.2) is 6.73 Å². The van der Waals surface area contributed by atoms with Crippen molar-refractivity contribution in [3.05, 3.63) is 93.8 Å². The maximum atomic E-state index is 13.3. The lowest BCUT2D eigenvalue weighted by Crippen LogP contribution is -2.27. The van der Waals surface area contributed by atoms with Gasteiger partial charge in [-0.05, 0) is 53.8 Å². The minimum absolute atomic E-state index is 0.00694. The van der Waals surface area contributed by atoms with Crippen LogP contribution in [-0.4, -0.2) is 29.4 Å². The number of nitrogens with one attached hydrogen (secondary N) is 1. The third-order valence-electron chi connectivity index (χ3n) is 5.68. The van der Waals surface area contributed by atoms with Crippen LogP contribution in [0.4, 0.5) is 5.69 Å². The molecule has 186 valence electrons. The molecular weight excluding hydrogens is 480 g/mol. The van der Waals surface area contributed by atoms with Gasteiger partial charge in [-0.2, -0.15) is 4.68 Å². The Bertz CT molecular complexity index is 1620. The highest BCUT2D eigenvalue weighted by Crippen LogP contribution is 2.28. The van der Waals surface area contributed by atoms with Gasteiger partial charge >= 0.3 is 5.97 Å². The molecule has 0 saturated carbocycles. The zero-order chi connectivity index (χ0) is 26.1. The average molecular weight is 507 g/mol. The number of sulfonamides is 1. The van der Waals surface area contributed by atoms with Gasteiger partial charge in [-0.3, -0.25) is 9.52 Å². The molecule has 0 atom stereocenters. The molecule has 10 heteroatoms. The molecule has 1 N–H and O–H groups in total. The molecule has 0 aliphatic carbocycles. The van der Waals surface area contributed by atoms with Crippen LogP contribution >= 0.6 is 0 Å². The van der Waals surface area contributed by atoms with Crippen LogP contribution in [0.1, 0.15) is 42.3 Å². The Morgan fingerprint density at radius 3 is 2.47 bits per heavy atom. The van der Waals surface area contributed by atoms with E-state index >= 15 is 0 Å². The van der Waals surface area contributed by atoms with Gasteiger partial charge in [-0.15, -0.1) is 5.10 Å². The highest BCUT2D eigenvalue weighted by molar-refractivity contribution is 7.92. The van der Waals surface area contributed by atoms with E-state index < -0.39 is 28.3 Å². The van der Waals surface area contributed by atoms with E-state index in [1.165, 1.54) is 12.1 Å². The molecule has 0 amide bonds. The zero-order valence-electron chi connectivity index (χ0n) is 20.3. The number of carbonyl (C=O) groups is 1. The molecule has 0 aliphatic rings. The second-order valence-corrected chi connectivity index (χ2v) is 11.0. The second kappa shape index (κ2) is 9.54. The standard InChI is InChI=1S/C26H26N4O5S/c1-17-13-14-18(26(2,3)4)15-23(17)36(33,34)28-22-12-8-6-10-20(22)25(32)35-16-30-24(31)19-9-5-7-11-21(19)27-29-30/h5-15,28H,16H2,1-4H3. The number of hydrogen-bond donors (Lipinski definition) is 1. The Hall–Kier alpha value is -4.05. The summed E-state index contributed by atoms with van der Waals surface area (Å²) in [5, 5.41) is 8.09. The van der Waals surface area contributed by atoms with E-state index in [0.29, 0.717) is 16.5 Å². The molecule has 0 spiro atoms. The number of nitrogens with zero attached hydrogens (tertiary/aromatic N) is 3. The summed E-state index contributed by atoms with van der Waals surface area (Å²) in [7, 11) is -4.02. The van der Waals surface area contributed by atoms with E-state index in [9.17, 15) is 18.0 Å². The summed E-state index contributed by atoms with van der Waals surface area (Å²) < 4.78 is 35.3. The van der Waals surface area contributed by atoms with Gasteiger partial charge in [0.1, 0.15) is 5.52 Å². The predicted octanol–water partition coefficient (Wildman–Crippen LogP) is 4.01. The zero-order valence-corrected chi connectivity index (χ0v) is 21.2. The molecule has 1 aromatic heterocycles. The van der Waals surface area contributed by atoms with Crippen LogP contribution in [0.5, 0.6) is 0 Å². The first-order valence-electron chi connectivity index (χ1n) is 11.2. The summed E-state index contributed by atoms with van der Waals surface area (Å²) in [6.07, 6.45) is 0. The number of anilines is 1. The lowest BCUT2D eigenvalue weighted by Gasteiger charge is -2.21. The van der Waals surface area contributed by atoms with E-state index in [0.717, 1.165) is 10.2 Å². The summed E-state index contributed by atoms with van der Waals surface area (Å²) in [5.74, 6) is -0.824. The van der Waals surface area contributed by atoms with Gasteiger partial charge in [-0.1, -0.05) is 62.4 Å². The normalized spacial score (nSPS) is 11.9. The molecule has 4 rings (SSSR count). The molecule has 0 unspecified atom stereocenters. The maximum absolute atomic E-state index is 13.3. The van der Waals surface area contributed by atoms with Gasteiger partial charge in [0.2, 0.25) is 0 Å². The van der Waals surface area contributed by atoms with Crippen molar-refractivity contribution >= 4 is 32.6 Å². The summed E-state index contributed by atoms with van der Waals surface area (Å²) in [5.41, 5.74) is 1.20. The van der Waals surface area contributed by atoms with Crippen molar-refractivity contribution in [3.63, 3.8) is 0 Å². The third-order valence-corrected chi connectivity index (χ3v) is 7.19. The number of rotatable bonds is 6. The first-order chi connectivity index (χ1) is 17.0.